The van der Waals surface area contributed by atoms with Crippen molar-refractivity contribution in [2.24, 2.45) is 11.8 Å². The van der Waals surface area contributed by atoms with Gasteiger partial charge in [-0.05, 0) is 31.6 Å². The fourth-order valence-electron chi connectivity index (χ4n) is 3.86. The van der Waals surface area contributed by atoms with Crippen LogP contribution in [0.15, 0.2) is 12.2 Å². The molecule has 32 heavy (non-hydrogen) atoms. The van der Waals surface area contributed by atoms with Crippen LogP contribution in [0.25, 0.3) is 0 Å². The standard InChI is InChI=1S/C16H18N2O12S2/c19-11-5-6-12(20)17(11)8-9-1-3-10(4-2-9)14(22)30-18-13(21)7-16(15(18)23,31(24,25)26)32(27,28)29/h5-6,9-10H,1-4,7-8H2,(H,24,25,26)(H,27,28,29). The average Bonchev–Trinajstić information content (AvgIpc) is 3.13. The molecule has 2 heterocycles. The van der Waals surface area contributed by atoms with Gasteiger partial charge in [-0.3, -0.25) is 33.2 Å². The molecule has 16 heteroatoms. The van der Waals surface area contributed by atoms with E-state index in [2.05, 4.69) is 4.84 Å². The molecule has 1 saturated heterocycles. The van der Waals surface area contributed by atoms with E-state index < -0.39 is 66.3 Å². The van der Waals surface area contributed by atoms with Crippen LogP contribution >= 0.6 is 0 Å². The van der Waals surface area contributed by atoms with Gasteiger partial charge in [0, 0.05) is 18.7 Å². The number of imide groups is 2. The summed E-state index contributed by atoms with van der Waals surface area (Å²) in [5.41, 5.74) is 0. The number of hydrogen-bond acceptors (Lipinski definition) is 10. The minimum Gasteiger partial charge on any atom is -0.330 e. The van der Waals surface area contributed by atoms with Crippen LogP contribution in [0.1, 0.15) is 32.1 Å². The highest BCUT2D eigenvalue weighted by Crippen LogP contribution is 2.37. The van der Waals surface area contributed by atoms with Gasteiger partial charge in [0.2, 0.25) is 0 Å². The van der Waals surface area contributed by atoms with Gasteiger partial charge in [0.15, 0.2) is 0 Å². The first-order chi connectivity index (χ1) is 14.7. The maximum absolute atomic E-state index is 12.4. The lowest BCUT2D eigenvalue weighted by atomic mass is 9.82. The molecule has 0 aromatic carbocycles. The van der Waals surface area contributed by atoms with E-state index >= 15 is 0 Å². The molecular formula is C16H18N2O12S2. The Morgan fingerprint density at radius 1 is 0.969 bits per heavy atom. The minimum absolute atomic E-state index is 0.103. The molecule has 0 atom stereocenters. The van der Waals surface area contributed by atoms with Crippen molar-refractivity contribution in [3.05, 3.63) is 12.2 Å². The molecule has 0 bridgehead atoms. The van der Waals surface area contributed by atoms with Gasteiger partial charge in [0.05, 0.1) is 12.3 Å². The van der Waals surface area contributed by atoms with Crippen LogP contribution in [0.4, 0.5) is 0 Å². The summed E-state index contributed by atoms with van der Waals surface area (Å²) in [6.07, 6.45) is 1.77. The van der Waals surface area contributed by atoms with Gasteiger partial charge < -0.3 is 4.84 Å². The summed E-state index contributed by atoms with van der Waals surface area (Å²) >= 11 is 0. The Morgan fingerprint density at radius 2 is 1.47 bits per heavy atom. The summed E-state index contributed by atoms with van der Waals surface area (Å²) in [5, 5.41) is -0.386. The molecule has 2 fully saturated rings. The quantitative estimate of drug-likeness (QED) is 0.316. The van der Waals surface area contributed by atoms with Gasteiger partial charge in [-0.25, -0.2) is 4.79 Å². The Bertz CT molecular complexity index is 1080. The van der Waals surface area contributed by atoms with Gasteiger partial charge in [-0.2, -0.15) is 16.8 Å². The van der Waals surface area contributed by atoms with Crippen LogP contribution in [0.3, 0.4) is 0 Å². The zero-order valence-electron chi connectivity index (χ0n) is 16.2. The second kappa shape index (κ2) is 8.02. The normalized spacial score (nSPS) is 26.2. The van der Waals surface area contributed by atoms with Gasteiger partial charge in [0.1, 0.15) is 0 Å². The van der Waals surface area contributed by atoms with Crippen molar-refractivity contribution in [1.29, 1.82) is 0 Å². The van der Waals surface area contributed by atoms with Gasteiger partial charge >= 0.3 is 16.0 Å². The molecule has 0 radical (unpaired) electrons. The van der Waals surface area contributed by atoms with E-state index in [1.807, 2.05) is 0 Å². The number of amides is 4. The van der Waals surface area contributed by atoms with Crippen LogP contribution in [-0.2, 0) is 49.0 Å². The third-order valence-corrected chi connectivity index (χ3v) is 9.23. The fraction of sp³-hybridized carbons (Fsp3) is 0.562. The largest absolute Gasteiger partial charge is 0.336 e. The van der Waals surface area contributed by atoms with Crippen molar-refractivity contribution in [3.63, 3.8) is 0 Å². The molecule has 3 aliphatic rings. The highest BCUT2D eigenvalue weighted by Gasteiger charge is 2.70. The molecule has 3 rings (SSSR count). The molecule has 0 unspecified atom stereocenters. The predicted molar refractivity (Wildman–Crippen MR) is 99.7 cm³/mol. The Morgan fingerprint density at radius 3 is 1.91 bits per heavy atom. The number of carbonyl (C=O) groups is 5. The molecule has 1 aliphatic carbocycles. The summed E-state index contributed by atoms with van der Waals surface area (Å²) in [6, 6.07) is 0. The number of hydroxylamine groups is 2. The maximum Gasteiger partial charge on any atom is 0.336 e. The second-order valence-electron chi connectivity index (χ2n) is 7.62. The van der Waals surface area contributed by atoms with Crippen molar-refractivity contribution in [3.8, 4) is 0 Å². The van der Waals surface area contributed by atoms with Crippen LogP contribution in [-0.4, -0.2) is 76.1 Å². The van der Waals surface area contributed by atoms with Crippen molar-refractivity contribution >= 4 is 49.8 Å². The molecule has 0 aromatic heterocycles. The van der Waals surface area contributed by atoms with Crippen molar-refractivity contribution in [1.82, 2.24) is 9.96 Å². The van der Waals surface area contributed by atoms with E-state index in [1.54, 1.807) is 0 Å². The molecule has 0 aromatic rings. The van der Waals surface area contributed by atoms with E-state index in [-0.39, 0.29) is 30.4 Å². The smallest absolute Gasteiger partial charge is 0.330 e. The minimum atomic E-state index is -5.83. The van der Waals surface area contributed by atoms with E-state index in [1.165, 1.54) is 0 Å². The van der Waals surface area contributed by atoms with Crippen molar-refractivity contribution in [2.45, 2.75) is 36.2 Å². The maximum atomic E-state index is 12.4. The lowest BCUT2D eigenvalue weighted by Gasteiger charge is -2.30. The zero-order chi connectivity index (χ0) is 24.1. The first-order valence-electron chi connectivity index (χ1n) is 9.26. The summed E-state index contributed by atoms with van der Waals surface area (Å²) in [5.74, 6) is -6.65. The molecule has 1 saturated carbocycles. The highest BCUT2D eigenvalue weighted by molar-refractivity contribution is 8.06. The molecule has 2 N–H and O–H groups in total. The van der Waals surface area contributed by atoms with Gasteiger partial charge in [0.25, 0.3) is 38.0 Å². The van der Waals surface area contributed by atoms with Gasteiger partial charge in [-0.1, -0.05) is 5.06 Å². The third-order valence-electron chi connectivity index (χ3n) is 5.66. The summed E-state index contributed by atoms with van der Waals surface area (Å²) < 4.78 is 60.6. The van der Waals surface area contributed by atoms with Crippen LogP contribution in [0, 0.1) is 11.8 Å². The summed E-state index contributed by atoms with van der Waals surface area (Å²) in [7, 11) is -11.7. The third kappa shape index (κ3) is 3.94. The molecule has 176 valence electrons. The Hall–Kier alpha value is -2.69. The average molecular weight is 494 g/mol. The van der Waals surface area contributed by atoms with Crippen LogP contribution < -0.4 is 0 Å². The van der Waals surface area contributed by atoms with Crippen molar-refractivity contribution in [2.75, 3.05) is 6.54 Å². The van der Waals surface area contributed by atoms with E-state index in [4.69, 9.17) is 0 Å². The van der Waals surface area contributed by atoms with E-state index in [0.717, 1.165) is 17.1 Å². The zero-order valence-corrected chi connectivity index (χ0v) is 17.9. The lowest BCUT2D eigenvalue weighted by molar-refractivity contribution is -0.201. The number of rotatable bonds is 6. The molecule has 0 spiro atoms. The first kappa shape index (κ1) is 24.0. The molecule has 2 aliphatic heterocycles. The Kier molecular flexibility index (Phi) is 6.01. The lowest BCUT2D eigenvalue weighted by Crippen LogP contribution is -2.52. The Balaban J connectivity index is 1.64. The SMILES string of the molecule is O=C(ON1C(=O)CC(S(=O)(=O)O)(S(=O)(=O)O)C1=O)C1CCC(CN2C(=O)C=CC2=O)CC1. The fourth-order valence-corrected chi connectivity index (χ4v) is 6.14. The van der Waals surface area contributed by atoms with Crippen LogP contribution in [0.5, 0.6) is 0 Å². The van der Waals surface area contributed by atoms with Crippen LogP contribution in [0.2, 0.25) is 0 Å². The summed E-state index contributed by atoms with van der Waals surface area (Å²) in [6.45, 7) is 0.154. The monoisotopic (exact) mass is 494 g/mol. The topological polar surface area (TPSA) is 210 Å². The molecule has 14 nitrogen and oxygen atoms in total. The van der Waals surface area contributed by atoms with Crippen molar-refractivity contribution < 1.29 is 54.8 Å². The highest BCUT2D eigenvalue weighted by atomic mass is 32.3. The first-order valence-corrected chi connectivity index (χ1v) is 12.1. The molecular weight excluding hydrogens is 476 g/mol. The second-order valence-corrected chi connectivity index (χ2v) is 11.2. The number of nitrogens with zero attached hydrogens (tertiary/aromatic N) is 2. The molecule has 4 amide bonds. The Labute approximate surface area is 181 Å². The number of carbonyl (C=O) groups excluding carboxylic acids is 5. The van der Waals surface area contributed by atoms with Gasteiger partial charge in [-0.15, -0.1) is 0 Å². The predicted octanol–water partition coefficient (Wildman–Crippen LogP) is -1.59. The van der Waals surface area contributed by atoms with E-state index in [9.17, 15) is 49.9 Å². The number of hydrogen-bond donors (Lipinski definition) is 2. The summed E-state index contributed by atoms with van der Waals surface area (Å²) in [4.78, 5) is 65.7. The van der Waals surface area contributed by atoms with E-state index in [0.29, 0.717) is 12.8 Å².